The third kappa shape index (κ3) is 5.16. The predicted molar refractivity (Wildman–Crippen MR) is 88.5 cm³/mol. The minimum absolute atomic E-state index is 0.763. The lowest BCUT2D eigenvalue weighted by molar-refractivity contribution is -0.107. The summed E-state index contributed by atoms with van der Waals surface area (Å²) in [5.74, 6) is 0. The van der Waals surface area contributed by atoms with Crippen LogP contribution in [0.2, 0.25) is 0 Å². The molecule has 112 valence electrons. The lowest BCUT2D eigenvalue weighted by Gasteiger charge is -2.15. The van der Waals surface area contributed by atoms with Crippen LogP contribution in [0.4, 0.5) is 5.69 Å². The van der Waals surface area contributed by atoms with Crippen LogP contribution < -0.4 is 5.01 Å². The molecule has 1 amide bonds. The Morgan fingerprint density at radius 3 is 2.20 bits per heavy atom. The van der Waals surface area contributed by atoms with Crippen molar-refractivity contribution < 1.29 is 4.79 Å². The minimum atomic E-state index is 0.763. The summed E-state index contributed by atoms with van der Waals surface area (Å²) in [6, 6.07) is 6.10. The molecule has 0 heterocycles. The zero-order valence-corrected chi connectivity index (χ0v) is 13.7. The van der Waals surface area contributed by atoms with Gasteiger partial charge < -0.3 is 0 Å². The zero-order valence-electron chi connectivity index (χ0n) is 13.7. The number of hydrazone groups is 1. The lowest BCUT2D eigenvalue weighted by Crippen LogP contribution is -2.16. The highest BCUT2D eigenvalue weighted by Gasteiger charge is 2.07. The summed E-state index contributed by atoms with van der Waals surface area (Å²) >= 11 is 0. The number of anilines is 1. The molecular formula is C17H28N2O. The highest BCUT2D eigenvalue weighted by molar-refractivity contribution is 5.86. The fraction of sp³-hybridized carbons (Fsp3) is 0.529. The van der Waals surface area contributed by atoms with Crippen LogP contribution in [-0.4, -0.2) is 12.1 Å². The highest BCUT2D eigenvalue weighted by Crippen LogP contribution is 2.20. The monoisotopic (exact) mass is 276 g/mol. The van der Waals surface area contributed by atoms with E-state index in [1.807, 2.05) is 33.8 Å². The van der Waals surface area contributed by atoms with E-state index in [1.165, 1.54) is 16.1 Å². The molecule has 0 spiro atoms. The van der Waals surface area contributed by atoms with Crippen molar-refractivity contribution in [3.63, 3.8) is 0 Å². The van der Waals surface area contributed by atoms with Crippen LogP contribution >= 0.6 is 0 Å². The van der Waals surface area contributed by atoms with Gasteiger partial charge in [0.15, 0.2) is 0 Å². The molecular weight excluding hydrogens is 248 g/mol. The molecule has 1 rings (SSSR count). The Morgan fingerprint density at radius 2 is 1.75 bits per heavy atom. The molecule has 0 aliphatic rings. The number of carbonyl (C=O) groups is 1. The Morgan fingerprint density at radius 1 is 1.15 bits per heavy atom. The van der Waals surface area contributed by atoms with Crippen LogP contribution in [0.5, 0.6) is 0 Å². The Hall–Kier alpha value is -1.64. The molecule has 0 saturated carbocycles. The second-order valence-corrected chi connectivity index (χ2v) is 4.30. The van der Waals surface area contributed by atoms with E-state index < -0.39 is 0 Å². The minimum Gasteiger partial charge on any atom is -0.276 e. The molecule has 0 atom stereocenters. The molecule has 20 heavy (non-hydrogen) atoms. The first-order valence-corrected chi connectivity index (χ1v) is 7.56. The van der Waals surface area contributed by atoms with Gasteiger partial charge in [-0.1, -0.05) is 40.7 Å². The van der Waals surface area contributed by atoms with Gasteiger partial charge in [0.2, 0.25) is 6.41 Å². The maximum atomic E-state index is 11.1. The van der Waals surface area contributed by atoms with Crippen LogP contribution in [0.25, 0.3) is 0 Å². The zero-order chi connectivity index (χ0) is 15.5. The molecule has 0 radical (unpaired) electrons. The SMILES string of the molecule is CC.CC/C(C)=N\N(C=O)c1ccc(CC)c(CC)c1. The van der Waals surface area contributed by atoms with Gasteiger partial charge in [-0.3, -0.25) is 4.79 Å². The molecule has 0 N–H and O–H groups in total. The van der Waals surface area contributed by atoms with Crippen LogP contribution in [0.3, 0.4) is 0 Å². The van der Waals surface area contributed by atoms with Crippen molar-refractivity contribution in [2.24, 2.45) is 5.10 Å². The van der Waals surface area contributed by atoms with Gasteiger partial charge in [0.05, 0.1) is 5.69 Å². The first-order chi connectivity index (χ1) is 9.65. The van der Waals surface area contributed by atoms with E-state index in [9.17, 15) is 4.79 Å². The van der Waals surface area contributed by atoms with Crippen molar-refractivity contribution in [3.05, 3.63) is 29.3 Å². The number of carbonyl (C=O) groups excluding carboxylic acids is 1. The van der Waals surface area contributed by atoms with Crippen molar-refractivity contribution in [2.45, 2.75) is 60.8 Å². The second-order valence-electron chi connectivity index (χ2n) is 4.30. The van der Waals surface area contributed by atoms with E-state index in [4.69, 9.17) is 0 Å². The standard InChI is InChI=1S/C15H22N2O.C2H6/c1-5-12(4)16-17(11-18)15-9-8-13(6-2)14(7-3)10-15;1-2/h8-11H,5-7H2,1-4H3;1-2H3/b16-12-;. The van der Waals surface area contributed by atoms with Gasteiger partial charge >= 0.3 is 0 Å². The van der Waals surface area contributed by atoms with Crippen molar-refractivity contribution in [1.82, 2.24) is 0 Å². The summed E-state index contributed by atoms with van der Waals surface area (Å²) in [5, 5.41) is 5.71. The van der Waals surface area contributed by atoms with E-state index in [-0.39, 0.29) is 0 Å². The number of benzene rings is 1. The summed E-state index contributed by atoms with van der Waals surface area (Å²) < 4.78 is 0. The Bertz CT molecular complexity index is 439. The summed E-state index contributed by atoms with van der Waals surface area (Å²) in [6.45, 7) is 12.2. The number of nitrogens with zero attached hydrogens (tertiary/aromatic N) is 2. The highest BCUT2D eigenvalue weighted by atomic mass is 16.1. The van der Waals surface area contributed by atoms with E-state index in [2.05, 4.69) is 31.1 Å². The molecule has 0 bridgehead atoms. The van der Waals surface area contributed by atoms with Crippen molar-refractivity contribution >= 4 is 17.8 Å². The quantitative estimate of drug-likeness (QED) is 0.425. The Labute approximate surface area is 123 Å². The van der Waals surface area contributed by atoms with Gasteiger partial charge in [-0.15, -0.1) is 0 Å². The molecule has 1 aromatic carbocycles. The molecule has 3 nitrogen and oxygen atoms in total. The average molecular weight is 276 g/mol. The van der Waals surface area contributed by atoms with Crippen LogP contribution in [0.15, 0.2) is 23.3 Å². The van der Waals surface area contributed by atoms with Gasteiger partial charge in [0.25, 0.3) is 0 Å². The van der Waals surface area contributed by atoms with Gasteiger partial charge in [-0.25, -0.2) is 5.01 Å². The van der Waals surface area contributed by atoms with Gasteiger partial charge in [-0.2, -0.15) is 5.10 Å². The van der Waals surface area contributed by atoms with Crippen molar-refractivity contribution in [1.29, 1.82) is 0 Å². The fourth-order valence-electron chi connectivity index (χ4n) is 1.83. The van der Waals surface area contributed by atoms with Crippen LogP contribution in [0.1, 0.15) is 59.1 Å². The number of aryl methyl sites for hydroxylation is 2. The first-order valence-electron chi connectivity index (χ1n) is 7.56. The molecule has 0 aromatic heterocycles. The molecule has 0 unspecified atom stereocenters. The Kier molecular flexibility index (Phi) is 9.35. The number of amides is 1. The summed E-state index contributed by atoms with van der Waals surface area (Å²) in [6.07, 6.45) is 3.60. The average Bonchev–Trinajstić information content (AvgIpc) is 2.53. The predicted octanol–water partition coefficient (Wildman–Crippen LogP) is 4.59. The van der Waals surface area contributed by atoms with Gasteiger partial charge in [0.1, 0.15) is 0 Å². The third-order valence-corrected chi connectivity index (χ3v) is 3.11. The number of hydrogen-bond acceptors (Lipinski definition) is 2. The summed E-state index contributed by atoms with van der Waals surface area (Å²) in [7, 11) is 0. The van der Waals surface area contributed by atoms with Gasteiger partial charge in [0, 0.05) is 5.71 Å². The largest absolute Gasteiger partial charge is 0.276 e. The second kappa shape index (κ2) is 10.2. The van der Waals surface area contributed by atoms with E-state index in [1.54, 1.807) is 0 Å². The van der Waals surface area contributed by atoms with E-state index in [0.29, 0.717) is 0 Å². The molecule has 0 saturated heterocycles. The summed E-state index contributed by atoms with van der Waals surface area (Å²) in [4.78, 5) is 11.1. The molecule has 0 fully saturated rings. The van der Waals surface area contributed by atoms with Crippen molar-refractivity contribution in [3.8, 4) is 0 Å². The third-order valence-electron chi connectivity index (χ3n) is 3.11. The topological polar surface area (TPSA) is 32.7 Å². The molecule has 0 aliphatic carbocycles. The Balaban J connectivity index is 0.00000172. The maximum Gasteiger partial charge on any atom is 0.234 e. The normalized spacial score (nSPS) is 10.6. The van der Waals surface area contributed by atoms with Gasteiger partial charge in [-0.05, 0) is 49.4 Å². The van der Waals surface area contributed by atoms with E-state index in [0.717, 1.165) is 37.1 Å². The number of rotatable bonds is 6. The maximum absolute atomic E-state index is 11.1. The van der Waals surface area contributed by atoms with E-state index >= 15 is 0 Å². The molecule has 0 aliphatic heterocycles. The smallest absolute Gasteiger partial charge is 0.234 e. The van der Waals surface area contributed by atoms with Crippen LogP contribution in [-0.2, 0) is 17.6 Å². The lowest BCUT2D eigenvalue weighted by atomic mass is 10.0. The van der Waals surface area contributed by atoms with Crippen molar-refractivity contribution in [2.75, 3.05) is 5.01 Å². The number of hydrogen-bond donors (Lipinski definition) is 0. The first kappa shape index (κ1) is 18.4. The fourth-order valence-corrected chi connectivity index (χ4v) is 1.83. The molecule has 1 aromatic rings. The summed E-state index contributed by atoms with van der Waals surface area (Å²) in [5.41, 5.74) is 4.40. The molecule has 3 heteroatoms. The van der Waals surface area contributed by atoms with Crippen LogP contribution in [0, 0.1) is 0 Å².